The number of thiazole rings is 1. The van der Waals surface area contributed by atoms with Crippen molar-refractivity contribution in [2.45, 2.75) is 13.5 Å². The minimum absolute atomic E-state index is 0.155. The van der Waals surface area contributed by atoms with Crippen LogP contribution in [0.5, 0.6) is 0 Å². The molecule has 0 saturated heterocycles. The molecule has 3 aromatic rings. The Hall–Kier alpha value is -2.68. The van der Waals surface area contributed by atoms with Crippen molar-refractivity contribution < 1.29 is 23.9 Å². The molecule has 0 aliphatic heterocycles. The maximum atomic E-state index is 12.7. The molecule has 156 valence electrons. The van der Waals surface area contributed by atoms with Crippen LogP contribution in [0.4, 0.5) is 0 Å². The zero-order valence-electron chi connectivity index (χ0n) is 16.0. The molecule has 7 nitrogen and oxygen atoms in total. The van der Waals surface area contributed by atoms with E-state index >= 15 is 0 Å². The molecule has 30 heavy (non-hydrogen) atoms. The molecule has 2 aromatic carbocycles. The predicted molar refractivity (Wildman–Crippen MR) is 114 cm³/mol. The monoisotopic (exact) mass is 466 g/mol. The van der Waals surface area contributed by atoms with Crippen molar-refractivity contribution in [1.82, 2.24) is 4.57 Å². The largest absolute Gasteiger partial charge is 0.468 e. The second-order valence-electron chi connectivity index (χ2n) is 6.02. The second-order valence-corrected chi connectivity index (χ2v) is 7.91. The Morgan fingerprint density at radius 3 is 2.40 bits per heavy atom. The van der Waals surface area contributed by atoms with Gasteiger partial charge in [-0.15, -0.1) is 0 Å². The summed E-state index contributed by atoms with van der Waals surface area (Å²) in [6.45, 7) is 1.81. The predicted octanol–water partition coefficient (Wildman–Crippen LogP) is 4.10. The van der Waals surface area contributed by atoms with Crippen molar-refractivity contribution in [2.75, 3.05) is 13.7 Å². The minimum Gasteiger partial charge on any atom is -0.468 e. The van der Waals surface area contributed by atoms with Gasteiger partial charge >= 0.3 is 11.9 Å². The molecule has 0 bridgehead atoms. The fourth-order valence-electron chi connectivity index (χ4n) is 2.68. The van der Waals surface area contributed by atoms with Crippen LogP contribution >= 0.6 is 34.5 Å². The first kappa shape index (κ1) is 22.0. The van der Waals surface area contributed by atoms with Gasteiger partial charge in [0.2, 0.25) is 0 Å². The van der Waals surface area contributed by atoms with Crippen LogP contribution in [0.3, 0.4) is 0 Å². The molecular formula is C20H16Cl2N2O5S. The maximum absolute atomic E-state index is 12.7. The fraction of sp³-hybridized carbons (Fsp3) is 0.200. The van der Waals surface area contributed by atoms with Crippen molar-refractivity contribution in [2.24, 2.45) is 4.99 Å². The number of carbonyl (C=O) groups is 3. The number of methoxy groups -OCH3 is 1. The Labute approximate surface area is 185 Å². The molecule has 0 unspecified atom stereocenters. The summed E-state index contributed by atoms with van der Waals surface area (Å²) in [7, 11) is 1.27. The molecule has 0 N–H and O–H groups in total. The molecule has 0 spiro atoms. The Balaban J connectivity index is 2.14. The van der Waals surface area contributed by atoms with Gasteiger partial charge in [0.05, 0.1) is 29.5 Å². The van der Waals surface area contributed by atoms with E-state index in [2.05, 4.69) is 4.99 Å². The molecule has 10 heteroatoms. The summed E-state index contributed by atoms with van der Waals surface area (Å²) in [5, 5.41) is 0.609. The average Bonchev–Trinajstić information content (AvgIpc) is 3.03. The third-order valence-corrected chi connectivity index (χ3v) is 5.49. The summed E-state index contributed by atoms with van der Waals surface area (Å²) in [6.07, 6.45) is 0. The van der Waals surface area contributed by atoms with Gasteiger partial charge in [-0.2, -0.15) is 4.99 Å². The molecule has 1 amide bonds. The van der Waals surface area contributed by atoms with Crippen LogP contribution in [0, 0.1) is 0 Å². The van der Waals surface area contributed by atoms with Crippen molar-refractivity contribution >= 4 is 62.6 Å². The molecule has 0 aliphatic carbocycles. The molecule has 0 atom stereocenters. The summed E-state index contributed by atoms with van der Waals surface area (Å²) in [5.74, 6) is -1.55. The molecule has 0 saturated carbocycles. The van der Waals surface area contributed by atoms with Crippen molar-refractivity contribution in [3.05, 3.63) is 62.4 Å². The minimum atomic E-state index is -0.574. The van der Waals surface area contributed by atoms with Gasteiger partial charge in [-0.1, -0.05) is 34.5 Å². The number of halogens is 2. The van der Waals surface area contributed by atoms with Gasteiger partial charge in [-0.05, 0) is 43.3 Å². The number of fused-ring (bicyclic) bond motifs is 1. The Kier molecular flexibility index (Phi) is 6.91. The standard InChI is InChI=1S/C20H16Cl2N2O5S/c1-3-29-19(27)11-4-5-15-16(8-11)30-20(24(15)10-17(25)28-2)23-18(26)12-6-13(21)9-14(22)7-12/h4-9H,3,10H2,1-2H3. The highest BCUT2D eigenvalue weighted by atomic mass is 35.5. The Bertz CT molecular complexity index is 1200. The van der Waals surface area contributed by atoms with Gasteiger partial charge in [-0.25, -0.2) is 4.79 Å². The normalized spacial score (nSPS) is 11.5. The van der Waals surface area contributed by atoms with Crippen LogP contribution in [0.2, 0.25) is 10.0 Å². The third kappa shape index (κ3) is 4.89. The third-order valence-electron chi connectivity index (χ3n) is 4.02. The first-order valence-electron chi connectivity index (χ1n) is 8.75. The van der Waals surface area contributed by atoms with Crippen LogP contribution in [0.25, 0.3) is 10.2 Å². The van der Waals surface area contributed by atoms with Crippen molar-refractivity contribution in [1.29, 1.82) is 0 Å². The summed E-state index contributed by atoms with van der Waals surface area (Å²) in [5.41, 5.74) is 1.19. The lowest BCUT2D eigenvalue weighted by molar-refractivity contribution is -0.141. The van der Waals surface area contributed by atoms with Crippen LogP contribution in [0.1, 0.15) is 27.6 Å². The summed E-state index contributed by atoms with van der Waals surface area (Å²) < 4.78 is 12.0. The first-order chi connectivity index (χ1) is 14.3. The number of nitrogens with zero attached hydrogens (tertiary/aromatic N) is 2. The lowest BCUT2D eigenvalue weighted by atomic mass is 10.2. The SMILES string of the molecule is CCOC(=O)c1ccc2c(c1)sc(=NC(=O)c1cc(Cl)cc(Cl)c1)n2CC(=O)OC. The van der Waals surface area contributed by atoms with Gasteiger partial charge in [-0.3, -0.25) is 9.59 Å². The van der Waals surface area contributed by atoms with E-state index in [1.807, 2.05) is 0 Å². The van der Waals surface area contributed by atoms with Crippen LogP contribution in [0.15, 0.2) is 41.4 Å². The number of amides is 1. The van der Waals surface area contributed by atoms with Crippen LogP contribution in [-0.2, 0) is 20.8 Å². The second kappa shape index (κ2) is 9.42. The quantitative estimate of drug-likeness (QED) is 0.528. The summed E-state index contributed by atoms with van der Waals surface area (Å²) in [6, 6.07) is 9.30. The van der Waals surface area contributed by atoms with Crippen LogP contribution in [-0.4, -0.2) is 36.1 Å². The van der Waals surface area contributed by atoms with Gasteiger partial charge in [0, 0.05) is 15.6 Å². The molecular weight excluding hydrogens is 451 g/mol. The Morgan fingerprint density at radius 1 is 1.07 bits per heavy atom. The first-order valence-corrected chi connectivity index (χ1v) is 10.3. The lowest BCUT2D eigenvalue weighted by Gasteiger charge is -2.05. The maximum Gasteiger partial charge on any atom is 0.338 e. The number of esters is 2. The number of hydrogen-bond donors (Lipinski definition) is 0. The number of carbonyl (C=O) groups excluding carboxylic acids is 3. The zero-order chi connectivity index (χ0) is 21.8. The van der Waals surface area contributed by atoms with E-state index in [0.29, 0.717) is 25.8 Å². The molecule has 0 radical (unpaired) electrons. The van der Waals surface area contributed by atoms with Gasteiger partial charge in [0.25, 0.3) is 5.91 Å². The molecule has 1 aromatic heterocycles. The smallest absolute Gasteiger partial charge is 0.338 e. The number of aromatic nitrogens is 1. The lowest BCUT2D eigenvalue weighted by Crippen LogP contribution is -2.22. The van der Waals surface area contributed by atoms with Gasteiger partial charge < -0.3 is 14.0 Å². The zero-order valence-corrected chi connectivity index (χ0v) is 18.3. The highest BCUT2D eigenvalue weighted by Gasteiger charge is 2.15. The number of ether oxygens (including phenoxy) is 2. The van der Waals surface area contributed by atoms with E-state index in [1.54, 1.807) is 29.7 Å². The van der Waals surface area contributed by atoms with E-state index in [9.17, 15) is 14.4 Å². The van der Waals surface area contributed by atoms with E-state index in [1.165, 1.54) is 25.3 Å². The average molecular weight is 467 g/mol. The molecule has 1 heterocycles. The van der Waals surface area contributed by atoms with E-state index < -0.39 is 17.8 Å². The fourth-order valence-corrected chi connectivity index (χ4v) is 4.27. The van der Waals surface area contributed by atoms with Gasteiger partial charge in [0.15, 0.2) is 4.80 Å². The van der Waals surface area contributed by atoms with E-state index in [-0.39, 0.29) is 23.5 Å². The Morgan fingerprint density at radius 2 is 1.77 bits per heavy atom. The van der Waals surface area contributed by atoms with Crippen molar-refractivity contribution in [3.8, 4) is 0 Å². The number of hydrogen-bond acceptors (Lipinski definition) is 6. The topological polar surface area (TPSA) is 87.0 Å². The molecule has 3 rings (SSSR count). The highest BCUT2D eigenvalue weighted by molar-refractivity contribution is 7.16. The van der Waals surface area contributed by atoms with E-state index in [4.69, 9.17) is 32.7 Å². The highest BCUT2D eigenvalue weighted by Crippen LogP contribution is 2.22. The van der Waals surface area contributed by atoms with E-state index in [0.717, 1.165) is 11.3 Å². The van der Waals surface area contributed by atoms with Gasteiger partial charge in [0.1, 0.15) is 6.54 Å². The summed E-state index contributed by atoms with van der Waals surface area (Å²) in [4.78, 5) is 41.0. The number of benzene rings is 2. The number of rotatable bonds is 5. The van der Waals surface area contributed by atoms with Crippen LogP contribution < -0.4 is 4.80 Å². The molecule has 0 fully saturated rings. The molecule has 0 aliphatic rings. The van der Waals surface area contributed by atoms with Crippen molar-refractivity contribution in [3.63, 3.8) is 0 Å². The summed E-state index contributed by atoms with van der Waals surface area (Å²) >= 11 is 13.1.